The molecule has 43 heavy (non-hydrogen) atoms. The fourth-order valence-corrected chi connectivity index (χ4v) is 5.50. The van der Waals surface area contributed by atoms with Crippen molar-refractivity contribution in [1.82, 2.24) is 19.9 Å². The van der Waals surface area contributed by atoms with E-state index in [1.165, 1.54) is 31.5 Å². The van der Waals surface area contributed by atoms with Gasteiger partial charge in [0.25, 0.3) is 0 Å². The van der Waals surface area contributed by atoms with Crippen LogP contribution in [0.15, 0.2) is 60.8 Å². The highest BCUT2D eigenvalue weighted by Gasteiger charge is 2.34. The van der Waals surface area contributed by atoms with Gasteiger partial charge in [-0.1, -0.05) is 55.9 Å². The van der Waals surface area contributed by atoms with Crippen LogP contribution in [0.1, 0.15) is 77.6 Å². The van der Waals surface area contributed by atoms with Crippen LogP contribution >= 0.6 is 0 Å². The van der Waals surface area contributed by atoms with Crippen molar-refractivity contribution in [2.24, 2.45) is 5.92 Å². The van der Waals surface area contributed by atoms with Crippen molar-refractivity contribution < 1.29 is 13.2 Å². The molecule has 1 aliphatic carbocycles. The Morgan fingerprint density at radius 3 is 2.53 bits per heavy atom. The number of allylic oxidation sites excluding steroid dienone is 3. The number of hydrogen-bond acceptors (Lipinski definition) is 5. The maximum Gasteiger partial charge on any atom is 0.418 e. The smallest absolute Gasteiger partial charge is 0.369 e. The van der Waals surface area contributed by atoms with E-state index in [-0.39, 0.29) is 11.6 Å². The monoisotopic (exact) mass is 591 g/mol. The van der Waals surface area contributed by atoms with Crippen LogP contribution in [0.4, 0.5) is 19.0 Å². The van der Waals surface area contributed by atoms with Crippen LogP contribution in [0.25, 0.3) is 22.2 Å². The average Bonchev–Trinajstić information content (AvgIpc) is 3.01. The number of fused-ring (bicyclic) bond motifs is 1. The van der Waals surface area contributed by atoms with Gasteiger partial charge in [-0.05, 0) is 70.8 Å². The Labute approximate surface area is 254 Å². The lowest BCUT2D eigenvalue weighted by Gasteiger charge is -2.33. The van der Waals surface area contributed by atoms with Crippen LogP contribution in [0.5, 0.6) is 0 Å². The first-order chi connectivity index (χ1) is 20.7. The summed E-state index contributed by atoms with van der Waals surface area (Å²) in [6.45, 7) is 13.5. The minimum absolute atomic E-state index is 0.0171. The van der Waals surface area contributed by atoms with Gasteiger partial charge in [0.2, 0.25) is 0 Å². The molecular weight excluding hydrogens is 547 g/mol. The Kier molecular flexibility index (Phi) is 12.8. The number of hydrogen-bond donors (Lipinski definition) is 1. The second-order valence-electron chi connectivity index (χ2n) is 10.8. The van der Waals surface area contributed by atoms with E-state index < -0.39 is 11.7 Å². The van der Waals surface area contributed by atoms with E-state index in [1.807, 2.05) is 26.8 Å². The van der Waals surface area contributed by atoms with E-state index in [9.17, 15) is 13.2 Å². The molecule has 5 nitrogen and oxygen atoms in total. The van der Waals surface area contributed by atoms with E-state index in [2.05, 4.69) is 34.6 Å². The fourth-order valence-electron chi connectivity index (χ4n) is 5.50. The molecule has 1 atom stereocenters. The lowest BCUT2D eigenvalue weighted by molar-refractivity contribution is -0.137. The second-order valence-corrected chi connectivity index (χ2v) is 10.8. The number of halogens is 3. The average molecular weight is 592 g/mol. The van der Waals surface area contributed by atoms with Crippen LogP contribution in [0.2, 0.25) is 0 Å². The summed E-state index contributed by atoms with van der Waals surface area (Å²) in [6.07, 6.45) is 13.2. The van der Waals surface area contributed by atoms with Crippen LogP contribution in [0.3, 0.4) is 0 Å². The molecule has 0 aliphatic heterocycles. The summed E-state index contributed by atoms with van der Waals surface area (Å²) >= 11 is 0. The summed E-state index contributed by atoms with van der Waals surface area (Å²) in [5.41, 5.74) is 1.22. The number of nitrogens with one attached hydrogen (secondary N) is 1. The van der Waals surface area contributed by atoms with Gasteiger partial charge in [0, 0.05) is 35.7 Å². The maximum absolute atomic E-state index is 13.8. The van der Waals surface area contributed by atoms with Gasteiger partial charge < -0.3 is 5.32 Å². The molecule has 1 fully saturated rings. The minimum atomic E-state index is -4.51. The Hall–Kier alpha value is -3.70. The molecule has 230 valence electrons. The minimum Gasteiger partial charge on any atom is -0.369 e. The Balaban J connectivity index is 0.00000162. The number of aromatic nitrogens is 3. The van der Waals surface area contributed by atoms with Crippen molar-refractivity contribution in [3.05, 3.63) is 72.2 Å². The highest BCUT2D eigenvalue weighted by molar-refractivity contribution is 5.92. The third kappa shape index (κ3) is 9.14. The zero-order valence-electron chi connectivity index (χ0n) is 25.8. The van der Waals surface area contributed by atoms with Crippen molar-refractivity contribution in [1.29, 1.82) is 0 Å². The summed E-state index contributed by atoms with van der Waals surface area (Å²) in [4.78, 5) is 16.3. The van der Waals surface area contributed by atoms with Crippen LogP contribution in [0, 0.1) is 18.3 Å². The van der Waals surface area contributed by atoms with Crippen molar-refractivity contribution in [2.45, 2.75) is 85.0 Å². The van der Waals surface area contributed by atoms with E-state index in [0.29, 0.717) is 41.9 Å². The third-order valence-corrected chi connectivity index (χ3v) is 7.90. The Morgan fingerprint density at radius 2 is 1.91 bits per heavy atom. The van der Waals surface area contributed by atoms with Gasteiger partial charge in [-0.15, -0.1) is 13.0 Å². The van der Waals surface area contributed by atoms with Crippen LogP contribution in [-0.2, 0) is 12.7 Å². The van der Waals surface area contributed by atoms with Gasteiger partial charge in [0.05, 0.1) is 23.3 Å². The number of anilines is 1. The number of nitrogens with zero attached hydrogens (tertiary/aromatic N) is 4. The van der Waals surface area contributed by atoms with Crippen molar-refractivity contribution in [3.63, 3.8) is 0 Å². The quantitative estimate of drug-likeness (QED) is 0.188. The number of alkyl halides is 3. The number of rotatable bonds is 10. The number of terminal acetylenes is 1. The highest BCUT2D eigenvalue weighted by atomic mass is 19.4. The van der Waals surface area contributed by atoms with Crippen LogP contribution in [-0.4, -0.2) is 39.0 Å². The molecule has 1 N–H and O–H groups in total. The third-order valence-electron chi connectivity index (χ3n) is 7.90. The Bertz CT molecular complexity index is 1420. The van der Waals surface area contributed by atoms with Gasteiger partial charge in [-0.25, -0.2) is 9.97 Å². The molecule has 1 unspecified atom stereocenters. The zero-order chi connectivity index (χ0) is 31.4. The molecule has 4 rings (SSSR count). The normalized spacial score (nSPS) is 15.0. The summed E-state index contributed by atoms with van der Waals surface area (Å²) < 4.78 is 41.3. The first-order valence-corrected chi connectivity index (χ1v) is 15.1. The predicted octanol–water partition coefficient (Wildman–Crippen LogP) is 9.08. The molecule has 2 heterocycles. The number of benzene rings is 1. The molecule has 3 aromatic rings. The largest absolute Gasteiger partial charge is 0.418 e. The standard InChI is InChI=1S/C32H38F3N5.C3H6/c1-5-22(4)23(6-2)17-19-37-31-26-16-15-24(30-27(32(33,34)35)14-11-18-36-30)20-28(26)38-29(39-31)21-40(7-3)25-12-9-8-10-13-25;1-3-2/h2,5,11,14-16,18,20,23,25H,7-10,12-13,17,19,21H2,1,3-4H3,(H,37,38,39);3H,1H2,2H3/b22-5-;. The summed E-state index contributed by atoms with van der Waals surface area (Å²) in [7, 11) is 0. The van der Waals surface area contributed by atoms with Gasteiger partial charge >= 0.3 is 6.18 Å². The maximum atomic E-state index is 13.8. The molecule has 0 bridgehead atoms. The molecule has 1 aliphatic rings. The molecule has 1 saturated carbocycles. The summed E-state index contributed by atoms with van der Waals surface area (Å²) in [5.74, 6) is 4.18. The van der Waals surface area contributed by atoms with Crippen molar-refractivity contribution in [2.75, 3.05) is 18.4 Å². The molecule has 0 amide bonds. The van der Waals surface area contributed by atoms with Crippen LogP contribution < -0.4 is 5.32 Å². The van der Waals surface area contributed by atoms with Crippen molar-refractivity contribution >= 4 is 16.7 Å². The van der Waals surface area contributed by atoms with Gasteiger partial charge in [0.15, 0.2) is 0 Å². The molecule has 0 radical (unpaired) electrons. The number of pyridine rings is 1. The summed E-state index contributed by atoms with van der Waals surface area (Å²) in [5, 5.41) is 4.20. The fraction of sp³-hybridized carbons (Fsp3) is 0.457. The Morgan fingerprint density at radius 1 is 1.19 bits per heavy atom. The molecule has 2 aromatic heterocycles. The van der Waals surface area contributed by atoms with E-state index >= 15 is 0 Å². The summed E-state index contributed by atoms with van der Waals surface area (Å²) in [6, 6.07) is 7.98. The van der Waals surface area contributed by atoms with Gasteiger partial charge in [0.1, 0.15) is 11.6 Å². The zero-order valence-corrected chi connectivity index (χ0v) is 25.8. The van der Waals surface area contributed by atoms with E-state index in [4.69, 9.17) is 16.4 Å². The van der Waals surface area contributed by atoms with Gasteiger partial charge in [-0.3, -0.25) is 9.88 Å². The first kappa shape index (κ1) is 33.8. The topological polar surface area (TPSA) is 53.9 Å². The predicted molar refractivity (Wildman–Crippen MR) is 171 cm³/mol. The van der Waals surface area contributed by atoms with Crippen molar-refractivity contribution in [3.8, 4) is 23.6 Å². The second kappa shape index (κ2) is 16.2. The van der Waals surface area contributed by atoms with Gasteiger partial charge in [-0.2, -0.15) is 13.2 Å². The van der Waals surface area contributed by atoms with E-state index in [1.54, 1.807) is 24.3 Å². The highest BCUT2D eigenvalue weighted by Crippen LogP contribution is 2.37. The molecule has 0 saturated heterocycles. The lowest BCUT2D eigenvalue weighted by atomic mass is 9.94. The molecule has 0 spiro atoms. The first-order valence-electron chi connectivity index (χ1n) is 15.1. The molecule has 8 heteroatoms. The molecule has 1 aromatic carbocycles. The lowest BCUT2D eigenvalue weighted by Crippen LogP contribution is -2.36. The SMILES string of the molecule is C#CC(CCNc1nc(CN(CC)C2CCCCC2)nc2cc(-c3ncccc3C(F)(F)F)ccc12)/C(C)=C\C.C=CC. The molecular formula is C35H44F3N5. The van der Waals surface area contributed by atoms with E-state index in [0.717, 1.165) is 42.8 Å².